The zero-order valence-corrected chi connectivity index (χ0v) is 17.2. The van der Waals surface area contributed by atoms with Crippen LogP contribution in [0.25, 0.3) is 0 Å². The van der Waals surface area contributed by atoms with Gasteiger partial charge in [0, 0.05) is 35.9 Å². The molecule has 3 heterocycles. The summed E-state index contributed by atoms with van der Waals surface area (Å²) in [6, 6.07) is 17.4. The molecular formula is C25H22N4O2. The Morgan fingerprint density at radius 1 is 1.23 bits per heavy atom. The fraction of sp³-hybridized carbons (Fsp3) is 0.240. The summed E-state index contributed by atoms with van der Waals surface area (Å²) >= 11 is 0. The quantitative estimate of drug-likeness (QED) is 0.643. The SMILES string of the molecule is C[C@@H](CC(=O)Cc1cc2c(c(CO)n1)C(c1ccnc(C#N)c1)=NC2)c1ccccc1. The Labute approximate surface area is 181 Å². The first kappa shape index (κ1) is 20.6. The van der Waals surface area contributed by atoms with Crippen LogP contribution in [0.5, 0.6) is 0 Å². The number of aliphatic imine (C=N–C) groups is 1. The summed E-state index contributed by atoms with van der Waals surface area (Å²) < 4.78 is 0. The molecule has 1 aromatic carbocycles. The zero-order valence-electron chi connectivity index (χ0n) is 17.2. The Kier molecular flexibility index (Phi) is 5.96. The van der Waals surface area contributed by atoms with Crippen molar-refractivity contribution in [1.82, 2.24) is 9.97 Å². The van der Waals surface area contributed by atoms with E-state index in [1.54, 1.807) is 18.3 Å². The fourth-order valence-corrected chi connectivity index (χ4v) is 3.97. The summed E-state index contributed by atoms with van der Waals surface area (Å²) in [7, 11) is 0. The lowest BCUT2D eigenvalue weighted by molar-refractivity contribution is -0.118. The molecular weight excluding hydrogens is 388 g/mol. The molecule has 0 saturated carbocycles. The van der Waals surface area contributed by atoms with E-state index in [0.717, 1.165) is 22.3 Å². The first-order chi connectivity index (χ1) is 15.1. The predicted molar refractivity (Wildman–Crippen MR) is 117 cm³/mol. The lowest BCUT2D eigenvalue weighted by atomic mass is 9.93. The van der Waals surface area contributed by atoms with Crippen molar-refractivity contribution >= 4 is 11.5 Å². The molecule has 1 atom stereocenters. The van der Waals surface area contributed by atoms with Crippen molar-refractivity contribution in [3.8, 4) is 6.07 Å². The van der Waals surface area contributed by atoms with Crippen molar-refractivity contribution in [3.05, 3.63) is 94.1 Å². The predicted octanol–water partition coefficient (Wildman–Crippen LogP) is 3.50. The van der Waals surface area contributed by atoms with Crippen LogP contribution in [-0.2, 0) is 24.4 Å². The Balaban J connectivity index is 1.55. The first-order valence-electron chi connectivity index (χ1n) is 10.2. The number of carbonyl (C=O) groups is 1. The van der Waals surface area contributed by atoms with Gasteiger partial charge in [-0.25, -0.2) is 4.98 Å². The minimum atomic E-state index is -0.250. The highest BCUT2D eigenvalue weighted by atomic mass is 16.3. The highest BCUT2D eigenvalue weighted by Gasteiger charge is 2.24. The summed E-state index contributed by atoms with van der Waals surface area (Å²) in [4.78, 5) is 25.9. The molecule has 6 heteroatoms. The number of Topliss-reactive ketones (excluding diaryl/α,β-unsaturated/α-hetero) is 1. The fourth-order valence-electron chi connectivity index (χ4n) is 3.97. The van der Waals surface area contributed by atoms with Gasteiger partial charge >= 0.3 is 0 Å². The smallest absolute Gasteiger partial charge is 0.141 e. The van der Waals surface area contributed by atoms with E-state index < -0.39 is 0 Å². The third-order valence-electron chi connectivity index (χ3n) is 5.45. The summed E-state index contributed by atoms with van der Waals surface area (Å²) in [5.41, 5.74) is 5.78. The van der Waals surface area contributed by atoms with Gasteiger partial charge in [-0.05, 0) is 35.2 Å². The van der Waals surface area contributed by atoms with E-state index >= 15 is 0 Å². The number of fused-ring (bicyclic) bond motifs is 1. The van der Waals surface area contributed by atoms with Gasteiger partial charge in [0.15, 0.2) is 0 Å². The topological polar surface area (TPSA) is 99.2 Å². The Morgan fingerprint density at radius 3 is 2.77 bits per heavy atom. The van der Waals surface area contributed by atoms with Crippen LogP contribution in [0, 0.1) is 11.3 Å². The van der Waals surface area contributed by atoms with Crippen LogP contribution in [0.4, 0.5) is 0 Å². The van der Waals surface area contributed by atoms with E-state index in [4.69, 9.17) is 5.26 Å². The maximum atomic E-state index is 12.7. The number of carbonyl (C=O) groups excluding carboxylic acids is 1. The molecule has 0 radical (unpaired) electrons. The number of hydrogen-bond donors (Lipinski definition) is 1. The summed E-state index contributed by atoms with van der Waals surface area (Å²) in [6.45, 7) is 2.25. The number of nitriles is 1. The monoisotopic (exact) mass is 410 g/mol. The maximum Gasteiger partial charge on any atom is 0.141 e. The van der Waals surface area contributed by atoms with Crippen molar-refractivity contribution in [2.24, 2.45) is 4.99 Å². The van der Waals surface area contributed by atoms with E-state index in [-0.39, 0.29) is 24.7 Å². The number of benzene rings is 1. The number of aromatic nitrogens is 2. The molecule has 0 bridgehead atoms. The highest BCUT2D eigenvalue weighted by molar-refractivity contribution is 6.15. The van der Waals surface area contributed by atoms with Crippen LogP contribution in [0.3, 0.4) is 0 Å². The van der Waals surface area contributed by atoms with E-state index in [1.165, 1.54) is 0 Å². The van der Waals surface area contributed by atoms with E-state index in [1.807, 2.05) is 49.4 Å². The van der Waals surface area contributed by atoms with E-state index in [2.05, 4.69) is 15.0 Å². The number of nitrogens with zero attached hydrogens (tertiary/aromatic N) is 4. The maximum absolute atomic E-state index is 12.7. The molecule has 0 unspecified atom stereocenters. The first-order valence-corrected chi connectivity index (χ1v) is 10.2. The second-order valence-electron chi connectivity index (χ2n) is 7.69. The molecule has 2 aromatic heterocycles. The number of pyridine rings is 2. The summed E-state index contributed by atoms with van der Waals surface area (Å²) in [5.74, 6) is 0.246. The number of ketones is 1. The third kappa shape index (κ3) is 4.42. The number of rotatable bonds is 7. The molecule has 0 saturated heterocycles. The zero-order chi connectivity index (χ0) is 21.8. The molecule has 0 aliphatic carbocycles. The van der Waals surface area contributed by atoms with Gasteiger partial charge in [0.25, 0.3) is 0 Å². The molecule has 0 amide bonds. The third-order valence-corrected chi connectivity index (χ3v) is 5.45. The van der Waals surface area contributed by atoms with Crippen LogP contribution in [0.15, 0.2) is 59.7 Å². The Hall–Kier alpha value is -3.69. The van der Waals surface area contributed by atoms with Crippen LogP contribution in [-0.4, -0.2) is 26.6 Å². The van der Waals surface area contributed by atoms with Crippen LogP contribution in [0.1, 0.15) is 58.6 Å². The van der Waals surface area contributed by atoms with Gasteiger partial charge in [0.1, 0.15) is 17.5 Å². The van der Waals surface area contributed by atoms with Gasteiger partial charge in [0.05, 0.1) is 24.6 Å². The Morgan fingerprint density at radius 2 is 2.03 bits per heavy atom. The summed E-state index contributed by atoms with van der Waals surface area (Å²) in [6.07, 6.45) is 2.23. The van der Waals surface area contributed by atoms with Crippen molar-refractivity contribution in [3.63, 3.8) is 0 Å². The molecule has 154 valence electrons. The molecule has 1 aliphatic rings. The minimum absolute atomic E-state index is 0.111. The molecule has 0 fully saturated rings. The standard InChI is InChI=1S/C25H22N4O2/c1-16(17-5-3-2-4-6-17)9-22(31)12-20-11-19-14-28-25(24(19)23(15-30)29-20)18-7-8-27-21(10-18)13-26/h2-8,10-11,16,30H,9,12,14-15H2,1H3/t16-/m0/s1. The van der Waals surface area contributed by atoms with Crippen molar-refractivity contribution in [2.75, 3.05) is 0 Å². The molecule has 31 heavy (non-hydrogen) atoms. The lowest BCUT2D eigenvalue weighted by Crippen LogP contribution is -2.13. The normalized spacial score (nSPS) is 13.3. The Bertz CT molecular complexity index is 1200. The molecule has 1 N–H and O–H groups in total. The van der Waals surface area contributed by atoms with Gasteiger partial charge in [0.2, 0.25) is 0 Å². The average molecular weight is 410 g/mol. The van der Waals surface area contributed by atoms with Crippen LogP contribution in [0.2, 0.25) is 0 Å². The van der Waals surface area contributed by atoms with Gasteiger partial charge in [-0.2, -0.15) is 5.26 Å². The highest BCUT2D eigenvalue weighted by Crippen LogP contribution is 2.27. The lowest BCUT2D eigenvalue weighted by Gasteiger charge is -2.13. The average Bonchev–Trinajstić information content (AvgIpc) is 3.23. The number of aliphatic hydroxyl groups excluding tert-OH is 1. The second-order valence-corrected chi connectivity index (χ2v) is 7.69. The van der Waals surface area contributed by atoms with E-state index in [9.17, 15) is 9.90 Å². The summed E-state index contributed by atoms with van der Waals surface area (Å²) in [5, 5.41) is 19.1. The largest absolute Gasteiger partial charge is 0.390 e. The molecule has 0 spiro atoms. The van der Waals surface area contributed by atoms with Gasteiger partial charge in [-0.3, -0.25) is 14.8 Å². The number of aliphatic hydroxyl groups is 1. The number of hydrogen-bond acceptors (Lipinski definition) is 6. The van der Waals surface area contributed by atoms with Crippen LogP contribution >= 0.6 is 0 Å². The van der Waals surface area contributed by atoms with Gasteiger partial charge in [-0.15, -0.1) is 0 Å². The van der Waals surface area contributed by atoms with Crippen molar-refractivity contribution in [2.45, 2.75) is 38.8 Å². The molecule has 1 aliphatic heterocycles. The van der Waals surface area contributed by atoms with Crippen molar-refractivity contribution in [1.29, 1.82) is 5.26 Å². The molecule has 3 aromatic rings. The van der Waals surface area contributed by atoms with E-state index in [0.29, 0.717) is 35.8 Å². The second kappa shape index (κ2) is 8.99. The minimum Gasteiger partial charge on any atom is -0.390 e. The van der Waals surface area contributed by atoms with Crippen LogP contribution < -0.4 is 0 Å². The molecule has 4 rings (SSSR count). The molecule has 6 nitrogen and oxygen atoms in total. The van der Waals surface area contributed by atoms with Gasteiger partial charge < -0.3 is 5.11 Å². The van der Waals surface area contributed by atoms with Gasteiger partial charge in [-0.1, -0.05) is 37.3 Å². The van der Waals surface area contributed by atoms with Crippen molar-refractivity contribution < 1.29 is 9.90 Å².